The normalized spacial score (nSPS) is 16.9. The number of benzene rings is 2. The monoisotopic (exact) mass is 380 g/mol. The van der Waals surface area contributed by atoms with Crippen LogP contribution < -0.4 is 5.56 Å². The highest BCUT2D eigenvalue weighted by Crippen LogP contribution is 2.25. The minimum atomic E-state index is 0.0269. The molecule has 1 saturated heterocycles. The first-order chi connectivity index (χ1) is 13.1. The molecule has 1 aromatic heterocycles. The molecule has 0 unspecified atom stereocenters. The van der Waals surface area contributed by atoms with E-state index in [1.54, 1.807) is 11.8 Å². The Morgan fingerprint density at radius 3 is 2.70 bits per heavy atom. The fourth-order valence-corrected chi connectivity index (χ4v) is 4.65. The maximum atomic E-state index is 13.1. The van der Waals surface area contributed by atoms with Crippen LogP contribution in [0.3, 0.4) is 0 Å². The average molecular weight is 381 g/mol. The molecule has 0 radical (unpaired) electrons. The molecule has 0 N–H and O–H groups in total. The molecule has 0 bridgehead atoms. The van der Waals surface area contributed by atoms with Crippen LogP contribution in [-0.4, -0.2) is 22.3 Å². The van der Waals surface area contributed by atoms with Gasteiger partial charge in [-0.3, -0.25) is 9.36 Å². The third-order valence-corrected chi connectivity index (χ3v) is 5.93. The van der Waals surface area contributed by atoms with Crippen molar-refractivity contribution in [2.75, 3.05) is 6.61 Å². The van der Waals surface area contributed by atoms with Gasteiger partial charge >= 0.3 is 0 Å². The first-order valence-electron chi connectivity index (χ1n) is 9.41. The number of hydrogen-bond donors (Lipinski definition) is 0. The molecular weight excluding hydrogens is 356 g/mol. The van der Waals surface area contributed by atoms with Gasteiger partial charge in [-0.05, 0) is 44.4 Å². The summed E-state index contributed by atoms with van der Waals surface area (Å²) in [5.74, 6) is 0.791. The molecule has 5 heteroatoms. The number of para-hydroxylation sites is 1. The van der Waals surface area contributed by atoms with Crippen LogP contribution in [0.5, 0.6) is 0 Å². The molecule has 140 valence electrons. The number of nitrogens with zero attached hydrogens (tertiary/aromatic N) is 2. The number of hydrogen-bond acceptors (Lipinski definition) is 4. The van der Waals surface area contributed by atoms with E-state index in [2.05, 4.69) is 32.0 Å². The SMILES string of the molecule is Cc1cc(C)cc(CSc2nc3ccccc3c(=O)n2C[C@H]2CCCO2)c1. The summed E-state index contributed by atoms with van der Waals surface area (Å²) in [6.45, 7) is 5.59. The number of aromatic nitrogens is 2. The van der Waals surface area contributed by atoms with E-state index in [1.807, 2.05) is 28.8 Å². The van der Waals surface area contributed by atoms with E-state index in [0.717, 1.165) is 35.9 Å². The van der Waals surface area contributed by atoms with Gasteiger partial charge < -0.3 is 4.74 Å². The van der Waals surface area contributed by atoms with Crippen molar-refractivity contribution >= 4 is 22.7 Å². The molecule has 2 heterocycles. The summed E-state index contributed by atoms with van der Waals surface area (Å²) >= 11 is 1.63. The van der Waals surface area contributed by atoms with Crippen LogP contribution >= 0.6 is 11.8 Å². The Hall–Kier alpha value is -2.11. The van der Waals surface area contributed by atoms with E-state index in [-0.39, 0.29) is 11.7 Å². The molecule has 1 atom stereocenters. The fourth-order valence-electron chi connectivity index (χ4n) is 3.71. The third kappa shape index (κ3) is 4.09. The third-order valence-electron chi connectivity index (χ3n) is 4.89. The van der Waals surface area contributed by atoms with Gasteiger partial charge in [0, 0.05) is 12.4 Å². The van der Waals surface area contributed by atoms with E-state index in [9.17, 15) is 4.79 Å². The highest BCUT2D eigenvalue weighted by atomic mass is 32.2. The second-order valence-electron chi connectivity index (χ2n) is 7.25. The molecule has 3 aromatic rings. The predicted molar refractivity (Wildman–Crippen MR) is 110 cm³/mol. The fraction of sp³-hybridized carbons (Fsp3) is 0.364. The van der Waals surface area contributed by atoms with Gasteiger partial charge in [-0.2, -0.15) is 0 Å². The van der Waals surface area contributed by atoms with Gasteiger partial charge in [-0.15, -0.1) is 0 Å². The second kappa shape index (κ2) is 7.87. The van der Waals surface area contributed by atoms with Crippen molar-refractivity contribution in [3.8, 4) is 0 Å². The molecule has 4 nitrogen and oxygen atoms in total. The lowest BCUT2D eigenvalue weighted by molar-refractivity contribution is 0.0937. The summed E-state index contributed by atoms with van der Waals surface area (Å²) in [7, 11) is 0. The van der Waals surface area contributed by atoms with Gasteiger partial charge in [-0.25, -0.2) is 4.98 Å². The lowest BCUT2D eigenvalue weighted by atomic mass is 10.1. The number of thioether (sulfide) groups is 1. The van der Waals surface area contributed by atoms with Gasteiger partial charge in [0.1, 0.15) is 0 Å². The van der Waals surface area contributed by atoms with Crippen LogP contribution in [0, 0.1) is 13.8 Å². The highest BCUT2D eigenvalue weighted by molar-refractivity contribution is 7.98. The van der Waals surface area contributed by atoms with Crippen molar-refractivity contribution < 1.29 is 4.74 Å². The van der Waals surface area contributed by atoms with E-state index >= 15 is 0 Å². The molecular formula is C22H24N2O2S. The molecule has 0 aliphatic carbocycles. The quantitative estimate of drug-likeness (QED) is 0.483. The number of rotatable bonds is 5. The Kier molecular flexibility index (Phi) is 5.32. The summed E-state index contributed by atoms with van der Waals surface area (Å²) in [5.41, 5.74) is 4.55. The number of ether oxygens (including phenoxy) is 1. The molecule has 1 aliphatic heterocycles. The molecule has 4 rings (SSSR count). The van der Waals surface area contributed by atoms with Crippen molar-refractivity contribution in [1.29, 1.82) is 0 Å². The van der Waals surface area contributed by atoms with E-state index in [4.69, 9.17) is 9.72 Å². The molecule has 0 spiro atoms. The average Bonchev–Trinajstić information content (AvgIpc) is 3.15. The predicted octanol–water partition coefficient (Wildman–Crippen LogP) is 4.48. The Morgan fingerprint density at radius 1 is 1.19 bits per heavy atom. The number of fused-ring (bicyclic) bond motifs is 1. The minimum Gasteiger partial charge on any atom is -0.376 e. The van der Waals surface area contributed by atoms with Crippen molar-refractivity contribution in [3.05, 3.63) is 69.5 Å². The summed E-state index contributed by atoms with van der Waals surface area (Å²) in [4.78, 5) is 17.9. The van der Waals surface area contributed by atoms with Gasteiger partial charge in [0.25, 0.3) is 5.56 Å². The topological polar surface area (TPSA) is 44.1 Å². The summed E-state index contributed by atoms with van der Waals surface area (Å²) < 4.78 is 7.59. The van der Waals surface area contributed by atoms with Crippen molar-refractivity contribution in [3.63, 3.8) is 0 Å². The van der Waals surface area contributed by atoms with Crippen LogP contribution in [0.1, 0.15) is 29.5 Å². The van der Waals surface area contributed by atoms with E-state index < -0.39 is 0 Å². The van der Waals surface area contributed by atoms with Crippen LogP contribution in [0.2, 0.25) is 0 Å². The summed E-state index contributed by atoms with van der Waals surface area (Å²) in [5, 5.41) is 1.44. The lowest BCUT2D eigenvalue weighted by Gasteiger charge is -2.16. The van der Waals surface area contributed by atoms with Crippen molar-refractivity contribution in [2.24, 2.45) is 0 Å². The maximum absolute atomic E-state index is 13.1. The highest BCUT2D eigenvalue weighted by Gasteiger charge is 2.20. The second-order valence-corrected chi connectivity index (χ2v) is 8.19. The maximum Gasteiger partial charge on any atom is 0.262 e. The first-order valence-corrected chi connectivity index (χ1v) is 10.4. The molecule has 2 aromatic carbocycles. The lowest BCUT2D eigenvalue weighted by Crippen LogP contribution is -2.28. The van der Waals surface area contributed by atoms with Crippen molar-refractivity contribution in [2.45, 2.75) is 50.2 Å². The van der Waals surface area contributed by atoms with Gasteiger partial charge in [0.15, 0.2) is 5.16 Å². The van der Waals surface area contributed by atoms with Crippen LogP contribution in [0.25, 0.3) is 10.9 Å². The molecule has 27 heavy (non-hydrogen) atoms. The molecule has 1 aliphatic rings. The minimum absolute atomic E-state index is 0.0269. The van der Waals surface area contributed by atoms with Crippen LogP contribution in [0.4, 0.5) is 0 Å². The largest absolute Gasteiger partial charge is 0.376 e. The zero-order valence-electron chi connectivity index (χ0n) is 15.8. The van der Waals surface area contributed by atoms with Crippen LogP contribution in [0.15, 0.2) is 52.4 Å². The van der Waals surface area contributed by atoms with Gasteiger partial charge in [-0.1, -0.05) is 53.2 Å². The van der Waals surface area contributed by atoms with Crippen LogP contribution in [-0.2, 0) is 17.0 Å². The molecule has 0 saturated carbocycles. The number of aryl methyl sites for hydroxylation is 2. The van der Waals surface area contributed by atoms with Gasteiger partial charge in [0.05, 0.1) is 23.6 Å². The molecule has 0 amide bonds. The summed E-state index contributed by atoms with van der Waals surface area (Å²) in [6.07, 6.45) is 2.16. The van der Waals surface area contributed by atoms with E-state index in [0.29, 0.717) is 11.9 Å². The summed E-state index contributed by atoms with van der Waals surface area (Å²) in [6, 6.07) is 14.2. The van der Waals surface area contributed by atoms with Gasteiger partial charge in [0.2, 0.25) is 0 Å². The smallest absolute Gasteiger partial charge is 0.262 e. The van der Waals surface area contributed by atoms with E-state index in [1.165, 1.54) is 16.7 Å². The molecule has 1 fully saturated rings. The Bertz CT molecular complexity index is 1000. The standard InChI is InChI=1S/C22H24N2O2S/c1-15-10-16(2)12-17(11-15)14-27-22-23-20-8-4-3-7-19(20)21(25)24(22)13-18-6-5-9-26-18/h3-4,7-8,10-12,18H,5-6,9,13-14H2,1-2H3/t18-/m1/s1. The Morgan fingerprint density at radius 2 is 1.96 bits per heavy atom. The van der Waals surface area contributed by atoms with Crippen molar-refractivity contribution in [1.82, 2.24) is 9.55 Å². The Balaban J connectivity index is 1.69. The first kappa shape index (κ1) is 18.3. The zero-order valence-corrected chi connectivity index (χ0v) is 16.6. The zero-order chi connectivity index (χ0) is 18.8. The Labute approximate surface area is 163 Å².